The van der Waals surface area contributed by atoms with E-state index in [1.54, 1.807) is 26.2 Å². The fourth-order valence-corrected chi connectivity index (χ4v) is 3.76. The first-order chi connectivity index (χ1) is 13.5. The van der Waals surface area contributed by atoms with E-state index < -0.39 is 4.92 Å². The first-order valence-electron chi connectivity index (χ1n) is 9.65. The molecule has 0 saturated carbocycles. The largest absolute Gasteiger partial charge is 0.497 e. The van der Waals surface area contributed by atoms with Crippen molar-refractivity contribution in [3.8, 4) is 5.75 Å². The molecule has 28 heavy (non-hydrogen) atoms. The van der Waals surface area contributed by atoms with Crippen LogP contribution in [0.4, 0.5) is 5.69 Å². The van der Waals surface area contributed by atoms with E-state index in [9.17, 15) is 14.9 Å². The van der Waals surface area contributed by atoms with Crippen LogP contribution < -0.4 is 4.74 Å². The maximum absolute atomic E-state index is 12.7. The van der Waals surface area contributed by atoms with E-state index >= 15 is 0 Å². The van der Waals surface area contributed by atoms with Gasteiger partial charge in [0.1, 0.15) is 5.75 Å². The smallest absolute Gasteiger partial charge is 0.272 e. The summed E-state index contributed by atoms with van der Waals surface area (Å²) in [5.41, 5.74) is 2.40. The normalized spacial score (nSPS) is 14.7. The number of hydrogen-bond donors (Lipinski definition) is 0. The monoisotopic (exact) mass is 382 g/mol. The molecule has 0 radical (unpaired) electrons. The van der Waals surface area contributed by atoms with E-state index in [2.05, 4.69) is 12.1 Å². The highest BCUT2D eigenvalue weighted by atomic mass is 16.6. The molecule has 1 aliphatic heterocycles. The Hall–Kier alpha value is -2.89. The zero-order valence-corrected chi connectivity index (χ0v) is 16.4. The lowest BCUT2D eigenvalue weighted by Gasteiger charge is -2.32. The Kier molecular flexibility index (Phi) is 6.29. The van der Waals surface area contributed by atoms with E-state index in [0.29, 0.717) is 17.0 Å². The Bertz CT molecular complexity index is 840. The second-order valence-corrected chi connectivity index (χ2v) is 7.38. The molecule has 2 aromatic rings. The first-order valence-corrected chi connectivity index (χ1v) is 9.65. The predicted molar refractivity (Wildman–Crippen MR) is 108 cm³/mol. The second-order valence-electron chi connectivity index (χ2n) is 7.38. The lowest BCUT2D eigenvalue weighted by atomic mass is 9.90. The van der Waals surface area contributed by atoms with Crippen molar-refractivity contribution in [2.75, 3.05) is 20.2 Å². The number of nitro groups is 1. The number of carbonyl (C=O) groups excluding carboxylic acids is 1. The van der Waals surface area contributed by atoms with Gasteiger partial charge in [-0.1, -0.05) is 12.1 Å². The third-order valence-corrected chi connectivity index (χ3v) is 5.54. The molecule has 1 saturated heterocycles. The van der Waals surface area contributed by atoms with Crippen LogP contribution in [0.2, 0.25) is 0 Å². The third kappa shape index (κ3) is 4.68. The number of nitro benzene ring substituents is 1. The van der Waals surface area contributed by atoms with Gasteiger partial charge in [-0.3, -0.25) is 14.9 Å². The molecular formula is C22H26N2O4. The fourth-order valence-electron chi connectivity index (χ4n) is 3.76. The molecule has 1 fully saturated rings. The summed E-state index contributed by atoms with van der Waals surface area (Å²) in [5.74, 6) is 1.45. The number of piperidine rings is 1. The SMILES string of the molecule is COc1ccc(CCC2CCN(C(=O)c3ccc([N+](=O)[O-])c(C)c3)CC2)cc1. The summed E-state index contributed by atoms with van der Waals surface area (Å²) in [6.07, 6.45) is 4.14. The Labute approximate surface area is 165 Å². The number of methoxy groups -OCH3 is 1. The predicted octanol–water partition coefficient (Wildman–Crippen LogP) is 4.40. The average Bonchev–Trinajstić information content (AvgIpc) is 2.72. The lowest BCUT2D eigenvalue weighted by molar-refractivity contribution is -0.385. The van der Waals surface area contributed by atoms with Crippen LogP contribution in [0.5, 0.6) is 5.75 Å². The highest BCUT2D eigenvalue weighted by molar-refractivity contribution is 5.94. The van der Waals surface area contributed by atoms with Crippen molar-refractivity contribution in [2.45, 2.75) is 32.6 Å². The van der Waals surface area contributed by atoms with Crippen LogP contribution in [0.3, 0.4) is 0 Å². The summed E-state index contributed by atoms with van der Waals surface area (Å²) < 4.78 is 5.19. The summed E-state index contributed by atoms with van der Waals surface area (Å²) in [7, 11) is 1.67. The van der Waals surface area contributed by atoms with E-state index in [1.807, 2.05) is 17.0 Å². The van der Waals surface area contributed by atoms with Crippen molar-refractivity contribution >= 4 is 11.6 Å². The second kappa shape index (κ2) is 8.87. The van der Waals surface area contributed by atoms with Crippen LogP contribution in [0, 0.1) is 23.0 Å². The molecule has 0 aromatic heterocycles. The van der Waals surface area contributed by atoms with E-state index in [1.165, 1.54) is 11.6 Å². The number of hydrogen-bond acceptors (Lipinski definition) is 4. The van der Waals surface area contributed by atoms with Crippen molar-refractivity contribution < 1.29 is 14.5 Å². The van der Waals surface area contributed by atoms with Crippen LogP contribution in [-0.2, 0) is 6.42 Å². The molecule has 0 unspecified atom stereocenters. The van der Waals surface area contributed by atoms with Gasteiger partial charge in [-0.05, 0) is 68.4 Å². The fraction of sp³-hybridized carbons (Fsp3) is 0.409. The molecule has 6 nitrogen and oxygen atoms in total. The number of carbonyl (C=O) groups is 1. The average molecular weight is 382 g/mol. The quantitative estimate of drug-likeness (QED) is 0.548. The number of benzene rings is 2. The van der Waals surface area contributed by atoms with Gasteiger partial charge in [-0.15, -0.1) is 0 Å². The van der Waals surface area contributed by atoms with Crippen molar-refractivity contribution in [1.29, 1.82) is 0 Å². The maximum atomic E-state index is 12.7. The highest BCUT2D eigenvalue weighted by Gasteiger charge is 2.24. The van der Waals surface area contributed by atoms with Crippen LogP contribution >= 0.6 is 0 Å². The molecular weight excluding hydrogens is 356 g/mol. The molecule has 1 aliphatic rings. The van der Waals surface area contributed by atoms with Gasteiger partial charge in [0, 0.05) is 30.3 Å². The van der Waals surface area contributed by atoms with Gasteiger partial charge in [0.2, 0.25) is 0 Å². The Morgan fingerprint density at radius 2 is 1.86 bits per heavy atom. The summed E-state index contributed by atoms with van der Waals surface area (Å²) in [6, 6.07) is 12.8. The zero-order valence-electron chi connectivity index (χ0n) is 16.4. The molecule has 148 valence electrons. The minimum Gasteiger partial charge on any atom is -0.497 e. The summed E-state index contributed by atoms with van der Waals surface area (Å²) >= 11 is 0. The summed E-state index contributed by atoms with van der Waals surface area (Å²) in [6.45, 7) is 3.14. The van der Waals surface area contributed by atoms with Crippen LogP contribution in [-0.4, -0.2) is 35.9 Å². The number of amides is 1. The zero-order chi connectivity index (χ0) is 20.1. The Morgan fingerprint density at radius 3 is 2.43 bits per heavy atom. The lowest BCUT2D eigenvalue weighted by Crippen LogP contribution is -2.38. The van der Waals surface area contributed by atoms with Gasteiger partial charge in [0.05, 0.1) is 12.0 Å². The van der Waals surface area contributed by atoms with Gasteiger partial charge in [-0.25, -0.2) is 0 Å². The van der Waals surface area contributed by atoms with E-state index in [0.717, 1.165) is 44.5 Å². The molecule has 2 aromatic carbocycles. The first kappa shape index (κ1) is 19.9. The summed E-state index contributed by atoms with van der Waals surface area (Å²) in [5, 5.41) is 10.9. The van der Waals surface area contributed by atoms with Gasteiger partial charge in [0.15, 0.2) is 0 Å². The third-order valence-electron chi connectivity index (χ3n) is 5.54. The Balaban J connectivity index is 1.51. The topological polar surface area (TPSA) is 72.7 Å². The Morgan fingerprint density at radius 1 is 1.18 bits per heavy atom. The van der Waals surface area contributed by atoms with Crippen molar-refractivity contribution in [3.05, 3.63) is 69.3 Å². The number of nitrogens with zero attached hydrogens (tertiary/aromatic N) is 2. The van der Waals surface area contributed by atoms with Gasteiger partial charge < -0.3 is 9.64 Å². The van der Waals surface area contributed by atoms with Crippen molar-refractivity contribution in [2.24, 2.45) is 5.92 Å². The molecule has 0 bridgehead atoms. The van der Waals surface area contributed by atoms with Crippen LogP contribution in [0.15, 0.2) is 42.5 Å². The standard InChI is InChI=1S/C22H26N2O4/c1-16-15-19(7-10-21(16)24(26)27)22(25)23-13-11-18(12-14-23)4-3-17-5-8-20(28-2)9-6-17/h5-10,15,18H,3-4,11-14H2,1-2H3. The molecule has 0 atom stereocenters. The molecule has 6 heteroatoms. The number of likely N-dealkylation sites (tertiary alicyclic amines) is 1. The van der Waals surface area contributed by atoms with Crippen molar-refractivity contribution in [1.82, 2.24) is 4.90 Å². The molecule has 0 aliphatic carbocycles. The van der Waals surface area contributed by atoms with Crippen LogP contribution in [0.25, 0.3) is 0 Å². The molecule has 1 amide bonds. The van der Waals surface area contributed by atoms with Crippen LogP contribution in [0.1, 0.15) is 40.7 Å². The number of rotatable bonds is 6. The highest BCUT2D eigenvalue weighted by Crippen LogP contribution is 2.25. The molecule has 1 heterocycles. The van der Waals surface area contributed by atoms with E-state index in [4.69, 9.17) is 4.74 Å². The van der Waals surface area contributed by atoms with Gasteiger partial charge in [-0.2, -0.15) is 0 Å². The molecule has 0 spiro atoms. The molecule has 0 N–H and O–H groups in total. The number of ether oxygens (including phenoxy) is 1. The minimum absolute atomic E-state index is 0.0356. The van der Waals surface area contributed by atoms with Gasteiger partial charge in [0.25, 0.3) is 11.6 Å². The van der Waals surface area contributed by atoms with E-state index in [-0.39, 0.29) is 11.6 Å². The van der Waals surface area contributed by atoms with Crippen molar-refractivity contribution in [3.63, 3.8) is 0 Å². The van der Waals surface area contributed by atoms with Gasteiger partial charge >= 0.3 is 0 Å². The molecule has 3 rings (SSSR count). The maximum Gasteiger partial charge on any atom is 0.272 e. The number of aryl methyl sites for hydroxylation is 2. The summed E-state index contributed by atoms with van der Waals surface area (Å²) in [4.78, 5) is 25.1. The minimum atomic E-state index is -0.419.